The van der Waals surface area contributed by atoms with Gasteiger partial charge in [-0.25, -0.2) is 4.79 Å². The molecule has 5 heteroatoms. The summed E-state index contributed by atoms with van der Waals surface area (Å²) in [4.78, 5) is 23.5. The van der Waals surface area contributed by atoms with Gasteiger partial charge in [-0.3, -0.25) is 4.79 Å². The van der Waals surface area contributed by atoms with E-state index in [-0.39, 0.29) is 17.7 Å². The van der Waals surface area contributed by atoms with Crippen LogP contribution in [0, 0.1) is 11.8 Å². The van der Waals surface area contributed by atoms with Crippen molar-refractivity contribution in [3.8, 4) is 0 Å². The highest BCUT2D eigenvalue weighted by atomic mass is 16.5. The zero-order valence-corrected chi connectivity index (χ0v) is 11.3. The number of amides is 1. The molecular weight excluding hydrogens is 246 g/mol. The molecule has 1 heterocycles. The number of carboxylic acids is 1. The van der Waals surface area contributed by atoms with Crippen LogP contribution in [0.5, 0.6) is 0 Å². The first-order valence-electron chi connectivity index (χ1n) is 7.29. The minimum Gasteiger partial charge on any atom is -0.480 e. The molecule has 1 aliphatic heterocycles. The highest BCUT2D eigenvalue weighted by Crippen LogP contribution is 2.27. The van der Waals surface area contributed by atoms with Gasteiger partial charge in [0.1, 0.15) is 6.04 Å². The summed E-state index contributed by atoms with van der Waals surface area (Å²) >= 11 is 0. The molecule has 19 heavy (non-hydrogen) atoms. The summed E-state index contributed by atoms with van der Waals surface area (Å²) < 4.78 is 5.28. The Balaban J connectivity index is 1.91. The highest BCUT2D eigenvalue weighted by molar-refractivity contribution is 5.85. The molecule has 1 amide bonds. The molecule has 2 aliphatic rings. The molecule has 1 aliphatic carbocycles. The van der Waals surface area contributed by atoms with Gasteiger partial charge in [-0.2, -0.15) is 0 Å². The Labute approximate surface area is 113 Å². The van der Waals surface area contributed by atoms with Crippen LogP contribution in [0.3, 0.4) is 0 Å². The molecule has 0 radical (unpaired) electrons. The molecule has 0 bridgehead atoms. The summed E-state index contributed by atoms with van der Waals surface area (Å²) in [5, 5.41) is 12.1. The van der Waals surface area contributed by atoms with Crippen LogP contribution in [-0.2, 0) is 14.3 Å². The van der Waals surface area contributed by atoms with Crippen LogP contribution in [0.1, 0.15) is 44.9 Å². The van der Waals surface area contributed by atoms with Crippen LogP contribution < -0.4 is 5.32 Å². The van der Waals surface area contributed by atoms with Crippen molar-refractivity contribution >= 4 is 11.9 Å². The summed E-state index contributed by atoms with van der Waals surface area (Å²) in [7, 11) is 0. The SMILES string of the molecule is O=C(NC(C(=O)O)C1CCCCC1)C1CCCOC1. The van der Waals surface area contributed by atoms with Gasteiger partial charge in [0, 0.05) is 6.61 Å². The quantitative estimate of drug-likeness (QED) is 0.812. The van der Waals surface area contributed by atoms with Crippen LogP contribution in [0.2, 0.25) is 0 Å². The van der Waals surface area contributed by atoms with Crippen LogP contribution in [0.4, 0.5) is 0 Å². The molecule has 2 N–H and O–H groups in total. The minimum absolute atomic E-state index is 0.0831. The van der Waals surface area contributed by atoms with Crippen LogP contribution >= 0.6 is 0 Å². The topological polar surface area (TPSA) is 75.6 Å². The normalized spacial score (nSPS) is 26.6. The molecule has 0 spiro atoms. The third-order valence-electron chi connectivity index (χ3n) is 4.22. The Hall–Kier alpha value is -1.10. The third kappa shape index (κ3) is 3.93. The number of hydrogen-bond acceptors (Lipinski definition) is 3. The maximum absolute atomic E-state index is 12.1. The number of nitrogens with one attached hydrogen (secondary N) is 1. The minimum atomic E-state index is -0.906. The van der Waals surface area contributed by atoms with Gasteiger partial charge >= 0.3 is 5.97 Å². The average Bonchev–Trinajstić information content (AvgIpc) is 2.46. The van der Waals surface area contributed by atoms with Gasteiger partial charge < -0.3 is 15.2 Å². The Morgan fingerprint density at radius 2 is 1.84 bits per heavy atom. The lowest BCUT2D eigenvalue weighted by molar-refractivity contribution is -0.145. The van der Waals surface area contributed by atoms with Gasteiger partial charge in [0.2, 0.25) is 5.91 Å². The Kier molecular flexibility index (Phi) is 5.19. The second-order valence-electron chi connectivity index (χ2n) is 5.64. The van der Waals surface area contributed by atoms with E-state index in [1.165, 1.54) is 6.42 Å². The summed E-state index contributed by atoms with van der Waals surface area (Å²) in [6, 6.07) is -0.727. The maximum Gasteiger partial charge on any atom is 0.326 e. The molecule has 2 unspecified atom stereocenters. The van der Waals surface area contributed by atoms with E-state index in [9.17, 15) is 14.7 Å². The fourth-order valence-corrected chi connectivity index (χ4v) is 3.07. The van der Waals surface area contributed by atoms with Gasteiger partial charge in [0.05, 0.1) is 12.5 Å². The van der Waals surface area contributed by atoms with Gasteiger partial charge in [-0.05, 0) is 31.6 Å². The number of ether oxygens (including phenoxy) is 1. The van der Waals surface area contributed by atoms with E-state index in [2.05, 4.69) is 5.32 Å². The predicted molar refractivity (Wildman–Crippen MR) is 69.7 cm³/mol. The zero-order valence-electron chi connectivity index (χ0n) is 11.3. The fourth-order valence-electron chi connectivity index (χ4n) is 3.07. The van der Waals surface area contributed by atoms with Crippen molar-refractivity contribution < 1.29 is 19.4 Å². The van der Waals surface area contributed by atoms with Crippen molar-refractivity contribution in [2.45, 2.75) is 51.0 Å². The smallest absolute Gasteiger partial charge is 0.326 e. The number of carboxylic acid groups (broad SMARTS) is 1. The second-order valence-corrected chi connectivity index (χ2v) is 5.64. The van der Waals surface area contributed by atoms with Gasteiger partial charge in [-0.15, -0.1) is 0 Å². The molecule has 1 saturated heterocycles. The second kappa shape index (κ2) is 6.89. The number of carbonyl (C=O) groups excluding carboxylic acids is 1. The van der Waals surface area contributed by atoms with Crippen molar-refractivity contribution in [1.82, 2.24) is 5.32 Å². The molecule has 5 nitrogen and oxygen atoms in total. The summed E-state index contributed by atoms with van der Waals surface area (Å²) in [6.07, 6.45) is 6.78. The summed E-state index contributed by atoms with van der Waals surface area (Å²) in [6.45, 7) is 1.12. The molecule has 2 fully saturated rings. The molecule has 108 valence electrons. The Bertz CT molecular complexity index is 319. The number of aliphatic carboxylic acids is 1. The van der Waals surface area contributed by atoms with E-state index in [4.69, 9.17) is 4.74 Å². The van der Waals surface area contributed by atoms with Crippen molar-refractivity contribution in [2.24, 2.45) is 11.8 Å². The van der Waals surface area contributed by atoms with E-state index in [1.54, 1.807) is 0 Å². The van der Waals surface area contributed by atoms with Crippen molar-refractivity contribution in [2.75, 3.05) is 13.2 Å². The van der Waals surface area contributed by atoms with E-state index < -0.39 is 12.0 Å². The molecule has 2 rings (SSSR count). The Morgan fingerprint density at radius 1 is 1.11 bits per heavy atom. The van der Waals surface area contributed by atoms with Gasteiger partial charge in [0.25, 0.3) is 0 Å². The third-order valence-corrected chi connectivity index (χ3v) is 4.22. The van der Waals surface area contributed by atoms with E-state index in [1.807, 2.05) is 0 Å². The molecular formula is C14H23NO4. The number of rotatable bonds is 4. The van der Waals surface area contributed by atoms with Gasteiger partial charge in [-0.1, -0.05) is 19.3 Å². The molecule has 0 aromatic carbocycles. The highest BCUT2D eigenvalue weighted by Gasteiger charge is 2.33. The van der Waals surface area contributed by atoms with Crippen LogP contribution in [0.25, 0.3) is 0 Å². The van der Waals surface area contributed by atoms with Crippen molar-refractivity contribution in [3.63, 3.8) is 0 Å². The first-order valence-corrected chi connectivity index (χ1v) is 7.29. The lowest BCUT2D eigenvalue weighted by Crippen LogP contribution is -2.49. The lowest BCUT2D eigenvalue weighted by Gasteiger charge is -2.30. The standard InChI is InChI=1S/C14H23NO4/c16-13(11-7-4-8-19-9-11)15-12(14(17)18)10-5-2-1-3-6-10/h10-12H,1-9H2,(H,15,16)(H,17,18). The van der Waals surface area contributed by atoms with Crippen molar-refractivity contribution in [3.05, 3.63) is 0 Å². The summed E-state index contributed by atoms with van der Waals surface area (Å²) in [5.41, 5.74) is 0. The predicted octanol–water partition coefficient (Wildman–Crippen LogP) is 1.56. The summed E-state index contributed by atoms with van der Waals surface area (Å²) in [5.74, 6) is -1.16. The fraction of sp³-hybridized carbons (Fsp3) is 0.857. The van der Waals surface area contributed by atoms with Gasteiger partial charge in [0.15, 0.2) is 0 Å². The Morgan fingerprint density at radius 3 is 2.42 bits per heavy atom. The largest absolute Gasteiger partial charge is 0.480 e. The first-order chi connectivity index (χ1) is 9.18. The van der Waals surface area contributed by atoms with E-state index in [0.717, 1.165) is 38.5 Å². The monoisotopic (exact) mass is 269 g/mol. The first kappa shape index (κ1) is 14.3. The molecule has 0 aromatic heterocycles. The average molecular weight is 269 g/mol. The number of hydrogen-bond donors (Lipinski definition) is 2. The van der Waals surface area contributed by atoms with Crippen molar-refractivity contribution in [1.29, 1.82) is 0 Å². The van der Waals surface area contributed by atoms with Crippen LogP contribution in [-0.4, -0.2) is 36.2 Å². The molecule has 2 atom stereocenters. The van der Waals surface area contributed by atoms with E-state index >= 15 is 0 Å². The molecule has 0 aromatic rings. The maximum atomic E-state index is 12.1. The number of carbonyl (C=O) groups is 2. The zero-order chi connectivity index (χ0) is 13.7. The van der Waals surface area contributed by atoms with Crippen LogP contribution in [0.15, 0.2) is 0 Å². The lowest BCUT2D eigenvalue weighted by atomic mass is 9.83. The van der Waals surface area contributed by atoms with E-state index in [0.29, 0.717) is 13.2 Å². The molecule has 1 saturated carbocycles.